The summed E-state index contributed by atoms with van der Waals surface area (Å²) in [7, 11) is 0. The molecule has 1 aromatic heterocycles. The molecule has 0 aliphatic heterocycles. The van der Waals surface area contributed by atoms with Crippen LogP contribution in [-0.4, -0.2) is 34.5 Å². The number of para-hydroxylation sites is 2. The van der Waals surface area contributed by atoms with Gasteiger partial charge in [0.2, 0.25) is 5.91 Å². The fourth-order valence-corrected chi connectivity index (χ4v) is 1.98. The van der Waals surface area contributed by atoms with E-state index < -0.39 is 12.0 Å². The lowest BCUT2D eigenvalue weighted by molar-refractivity contribution is -0.147. The first-order valence-corrected chi connectivity index (χ1v) is 6.74. The van der Waals surface area contributed by atoms with E-state index in [0.717, 1.165) is 11.0 Å². The lowest BCUT2D eigenvalue weighted by Crippen LogP contribution is -2.42. The molecule has 0 saturated carbocycles. The Morgan fingerprint density at radius 2 is 2.00 bits per heavy atom. The highest BCUT2D eigenvalue weighted by atomic mass is 16.5. The van der Waals surface area contributed by atoms with Gasteiger partial charge in [0.1, 0.15) is 6.04 Å². The van der Waals surface area contributed by atoms with Crippen molar-refractivity contribution in [1.29, 1.82) is 0 Å². The van der Waals surface area contributed by atoms with Crippen LogP contribution in [0.1, 0.15) is 19.5 Å². The molecule has 0 aliphatic rings. The third-order valence-electron chi connectivity index (χ3n) is 2.86. The maximum absolute atomic E-state index is 11.9. The molecular formula is C15H17N3O3. The molecule has 0 aliphatic carbocycles. The highest BCUT2D eigenvalue weighted by molar-refractivity contribution is 5.83. The number of esters is 1. The van der Waals surface area contributed by atoms with Crippen molar-refractivity contribution in [3.8, 4) is 0 Å². The van der Waals surface area contributed by atoms with Gasteiger partial charge in [-0.3, -0.25) is 9.78 Å². The van der Waals surface area contributed by atoms with Crippen LogP contribution in [0.4, 0.5) is 0 Å². The lowest BCUT2D eigenvalue weighted by atomic mass is 10.1. The first-order chi connectivity index (χ1) is 10.1. The van der Waals surface area contributed by atoms with Crippen LogP contribution in [0.25, 0.3) is 11.0 Å². The van der Waals surface area contributed by atoms with Gasteiger partial charge in [-0.05, 0) is 19.1 Å². The summed E-state index contributed by atoms with van der Waals surface area (Å²) in [5.41, 5.74) is 2.16. The molecule has 110 valence electrons. The quantitative estimate of drug-likeness (QED) is 0.837. The predicted octanol–water partition coefficient (Wildman–Crippen LogP) is 1.24. The summed E-state index contributed by atoms with van der Waals surface area (Å²) in [4.78, 5) is 31.8. The van der Waals surface area contributed by atoms with Crippen LogP contribution in [0.2, 0.25) is 0 Å². The standard InChI is InChI=1S/C15H17N3O3/c1-3-21-15(20)14(17-10(2)19)8-11-9-16-12-6-4-5-7-13(12)18-11/h4-7,9,14H,3,8H2,1-2H3,(H,17,19). The fourth-order valence-electron chi connectivity index (χ4n) is 1.98. The van der Waals surface area contributed by atoms with Gasteiger partial charge in [0, 0.05) is 19.5 Å². The fraction of sp³-hybridized carbons (Fsp3) is 0.333. The zero-order valence-corrected chi connectivity index (χ0v) is 12.0. The molecule has 6 nitrogen and oxygen atoms in total. The van der Waals surface area contributed by atoms with Crippen molar-refractivity contribution >= 4 is 22.9 Å². The number of fused-ring (bicyclic) bond motifs is 1. The predicted molar refractivity (Wildman–Crippen MR) is 77.5 cm³/mol. The molecule has 0 saturated heterocycles. The van der Waals surface area contributed by atoms with E-state index in [1.807, 2.05) is 24.3 Å². The molecule has 1 N–H and O–H groups in total. The molecular weight excluding hydrogens is 270 g/mol. The van der Waals surface area contributed by atoms with Crippen molar-refractivity contribution in [2.24, 2.45) is 0 Å². The average molecular weight is 287 g/mol. The Bertz CT molecular complexity index is 657. The minimum atomic E-state index is -0.752. The Kier molecular flexibility index (Phi) is 4.81. The Hall–Kier alpha value is -2.50. The van der Waals surface area contributed by atoms with Crippen molar-refractivity contribution in [3.05, 3.63) is 36.2 Å². The number of hydrogen-bond donors (Lipinski definition) is 1. The van der Waals surface area contributed by atoms with Gasteiger partial charge < -0.3 is 10.1 Å². The van der Waals surface area contributed by atoms with Crippen molar-refractivity contribution in [3.63, 3.8) is 0 Å². The molecule has 21 heavy (non-hydrogen) atoms. The Labute approximate surface area is 122 Å². The maximum atomic E-state index is 11.9. The van der Waals surface area contributed by atoms with Crippen LogP contribution in [0.5, 0.6) is 0 Å². The first kappa shape index (κ1) is 14.9. The van der Waals surface area contributed by atoms with Gasteiger partial charge in [-0.2, -0.15) is 0 Å². The molecule has 1 aromatic carbocycles. The molecule has 1 atom stereocenters. The van der Waals surface area contributed by atoms with Crippen LogP contribution in [0, 0.1) is 0 Å². The Morgan fingerprint density at radius 3 is 2.67 bits per heavy atom. The number of amides is 1. The van der Waals surface area contributed by atoms with Gasteiger partial charge in [0.05, 0.1) is 23.3 Å². The minimum absolute atomic E-state index is 0.246. The van der Waals surface area contributed by atoms with Crippen LogP contribution in [-0.2, 0) is 20.7 Å². The SMILES string of the molecule is CCOC(=O)C(Cc1cnc2ccccc2n1)NC(C)=O. The number of carbonyl (C=O) groups is 2. The molecule has 0 radical (unpaired) electrons. The van der Waals surface area contributed by atoms with E-state index in [1.165, 1.54) is 6.92 Å². The second-order valence-corrected chi connectivity index (χ2v) is 4.56. The van der Waals surface area contributed by atoms with E-state index in [2.05, 4.69) is 15.3 Å². The number of ether oxygens (including phenoxy) is 1. The van der Waals surface area contributed by atoms with E-state index in [9.17, 15) is 9.59 Å². The van der Waals surface area contributed by atoms with Gasteiger partial charge in [0.25, 0.3) is 0 Å². The molecule has 0 fully saturated rings. The minimum Gasteiger partial charge on any atom is -0.464 e. The highest BCUT2D eigenvalue weighted by Crippen LogP contribution is 2.10. The molecule has 1 heterocycles. The van der Waals surface area contributed by atoms with E-state index in [1.54, 1.807) is 13.1 Å². The van der Waals surface area contributed by atoms with Crippen molar-refractivity contribution in [2.75, 3.05) is 6.61 Å². The summed E-state index contributed by atoms with van der Waals surface area (Å²) < 4.78 is 4.96. The topological polar surface area (TPSA) is 81.2 Å². The van der Waals surface area contributed by atoms with Gasteiger partial charge in [-0.1, -0.05) is 12.1 Å². The monoisotopic (exact) mass is 287 g/mol. The van der Waals surface area contributed by atoms with Crippen molar-refractivity contribution in [1.82, 2.24) is 15.3 Å². The summed E-state index contributed by atoms with van der Waals surface area (Å²) in [6, 6.07) is 6.72. The highest BCUT2D eigenvalue weighted by Gasteiger charge is 2.22. The summed E-state index contributed by atoms with van der Waals surface area (Å²) >= 11 is 0. The number of hydrogen-bond acceptors (Lipinski definition) is 5. The number of benzene rings is 1. The van der Waals surface area contributed by atoms with E-state index >= 15 is 0 Å². The zero-order valence-electron chi connectivity index (χ0n) is 12.0. The van der Waals surface area contributed by atoms with Gasteiger partial charge >= 0.3 is 5.97 Å². The molecule has 1 amide bonds. The lowest BCUT2D eigenvalue weighted by Gasteiger charge is -2.15. The van der Waals surface area contributed by atoms with Gasteiger partial charge in [-0.15, -0.1) is 0 Å². The molecule has 0 bridgehead atoms. The zero-order chi connectivity index (χ0) is 15.2. The van der Waals surface area contributed by atoms with Crippen LogP contribution < -0.4 is 5.32 Å². The summed E-state index contributed by atoms with van der Waals surface area (Å²) in [5, 5.41) is 2.58. The number of carbonyl (C=O) groups excluding carboxylic acids is 2. The first-order valence-electron chi connectivity index (χ1n) is 6.74. The summed E-state index contributed by atoms with van der Waals surface area (Å²) in [5.74, 6) is -0.760. The van der Waals surface area contributed by atoms with E-state index in [4.69, 9.17) is 4.74 Å². The maximum Gasteiger partial charge on any atom is 0.329 e. The van der Waals surface area contributed by atoms with Gasteiger partial charge in [0.15, 0.2) is 0 Å². The molecule has 6 heteroatoms. The average Bonchev–Trinajstić information content (AvgIpc) is 2.46. The molecule has 0 spiro atoms. The smallest absolute Gasteiger partial charge is 0.329 e. The summed E-state index contributed by atoms with van der Waals surface area (Å²) in [6.07, 6.45) is 1.85. The normalized spacial score (nSPS) is 11.9. The number of rotatable bonds is 5. The largest absolute Gasteiger partial charge is 0.464 e. The van der Waals surface area contributed by atoms with Crippen LogP contribution in [0.15, 0.2) is 30.5 Å². The second-order valence-electron chi connectivity index (χ2n) is 4.56. The molecule has 2 rings (SSSR count). The Morgan fingerprint density at radius 1 is 1.29 bits per heavy atom. The van der Waals surface area contributed by atoms with Crippen LogP contribution >= 0.6 is 0 Å². The van der Waals surface area contributed by atoms with Crippen molar-refractivity contribution in [2.45, 2.75) is 26.3 Å². The molecule has 2 aromatic rings. The van der Waals surface area contributed by atoms with E-state index in [0.29, 0.717) is 5.69 Å². The third-order valence-corrected chi connectivity index (χ3v) is 2.86. The Balaban J connectivity index is 2.20. The van der Waals surface area contributed by atoms with Crippen molar-refractivity contribution < 1.29 is 14.3 Å². The number of nitrogens with zero attached hydrogens (tertiary/aromatic N) is 2. The second kappa shape index (κ2) is 6.78. The summed E-state index contributed by atoms with van der Waals surface area (Å²) in [6.45, 7) is 3.34. The van der Waals surface area contributed by atoms with E-state index in [-0.39, 0.29) is 18.9 Å². The van der Waals surface area contributed by atoms with Crippen LogP contribution in [0.3, 0.4) is 0 Å². The number of aromatic nitrogens is 2. The third kappa shape index (κ3) is 3.98. The number of nitrogens with one attached hydrogen (secondary N) is 1. The molecule has 1 unspecified atom stereocenters. The van der Waals surface area contributed by atoms with Gasteiger partial charge in [-0.25, -0.2) is 9.78 Å².